The fourth-order valence-electron chi connectivity index (χ4n) is 5.37. The normalized spacial score (nSPS) is 47.3. The molecule has 2 aliphatic carbocycles. The van der Waals surface area contributed by atoms with Crippen LogP contribution in [0.1, 0.15) is 64.2 Å². The van der Waals surface area contributed by atoms with Crippen molar-refractivity contribution >= 4 is 0 Å². The molecule has 2 saturated carbocycles. The first-order valence-electron chi connectivity index (χ1n) is 10.3. The van der Waals surface area contributed by atoms with Crippen LogP contribution in [0.5, 0.6) is 0 Å². The van der Waals surface area contributed by atoms with Crippen molar-refractivity contribution < 1.29 is 33.9 Å². The molecule has 148 valence electrons. The highest BCUT2D eigenvalue weighted by Gasteiger charge is 2.60. The first kappa shape index (κ1) is 17.8. The van der Waals surface area contributed by atoms with E-state index in [9.17, 15) is 10.2 Å². The van der Waals surface area contributed by atoms with E-state index in [2.05, 4.69) is 0 Å². The van der Waals surface area contributed by atoms with E-state index in [1.54, 1.807) is 0 Å². The van der Waals surface area contributed by atoms with Gasteiger partial charge in [0.1, 0.15) is 30.5 Å². The summed E-state index contributed by atoms with van der Waals surface area (Å²) in [6.07, 6.45) is 5.90. The second kappa shape index (κ2) is 6.65. The SMILES string of the molecule is O[C@@H]1[C@@H]2OC3(CCCCC3)O[C@@H]2[C@H]([C@H]2COC3(CCCCC3)O2)O[C@H]1O. The third kappa shape index (κ3) is 2.92. The Hall–Kier alpha value is -0.280. The Morgan fingerprint density at radius 1 is 0.654 bits per heavy atom. The molecular weight excluding hydrogens is 340 g/mol. The van der Waals surface area contributed by atoms with E-state index >= 15 is 0 Å². The van der Waals surface area contributed by atoms with Gasteiger partial charge in [-0.3, -0.25) is 0 Å². The lowest BCUT2D eigenvalue weighted by atomic mass is 9.93. The van der Waals surface area contributed by atoms with Crippen molar-refractivity contribution in [2.45, 2.75) is 113 Å². The van der Waals surface area contributed by atoms with Crippen LogP contribution in [0.25, 0.3) is 0 Å². The fourth-order valence-corrected chi connectivity index (χ4v) is 5.37. The van der Waals surface area contributed by atoms with Crippen molar-refractivity contribution in [3.05, 3.63) is 0 Å². The van der Waals surface area contributed by atoms with Gasteiger partial charge in [-0.05, 0) is 25.7 Å². The molecule has 0 aromatic carbocycles. The Balaban J connectivity index is 1.35. The molecule has 5 rings (SSSR count). The highest BCUT2D eigenvalue weighted by atomic mass is 16.8. The molecule has 5 aliphatic rings. The van der Waals surface area contributed by atoms with Crippen molar-refractivity contribution in [1.82, 2.24) is 0 Å². The lowest BCUT2D eigenvalue weighted by Gasteiger charge is -2.40. The van der Waals surface area contributed by atoms with Crippen LogP contribution >= 0.6 is 0 Å². The molecule has 6 atom stereocenters. The molecule has 2 N–H and O–H groups in total. The van der Waals surface area contributed by atoms with Crippen molar-refractivity contribution in [1.29, 1.82) is 0 Å². The maximum atomic E-state index is 10.4. The Labute approximate surface area is 153 Å². The zero-order valence-electron chi connectivity index (χ0n) is 15.2. The molecular formula is C19H30O7. The van der Waals surface area contributed by atoms with Crippen molar-refractivity contribution in [2.24, 2.45) is 0 Å². The van der Waals surface area contributed by atoms with Gasteiger partial charge in [-0.2, -0.15) is 0 Å². The minimum atomic E-state index is -1.30. The van der Waals surface area contributed by atoms with E-state index in [0.717, 1.165) is 51.4 Å². The molecule has 5 fully saturated rings. The van der Waals surface area contributed by atoms with Gasteiger partial charge >= 0.3 is 0 Å². The van der Waals surface area contributed by atoms with Crippen LogP contribution in [0, 0.1) is 0 Å². The first-order valence-corrected chi connectivity index (χ1v) is 10.3. The molecule has 0 aromatic rings. The molecule has 2 spiro atoms. The number of hydrogen-bond donors (Lipinski definition) is 2. The number of fused-ring (bicyclic) bond motifs is 1. The number of hydrogen-bond acceptors (Lipinski definition) is 7. The summed E-state index contributed by atoms with van der Waals surface area (Å²) in [5, 5.41) is 20.7. The molecule has 3 saturated heterocycles. The van der Waals surface area contributed by atoms with Crippen LogP contribution < -0.4 is 0 Å². The van der Waals surface area contributed by atoms with Gasteiger partial charge in [0.05, 0.1) is 6.61 Å². The van der Waals surface area contributed by atoms with Crippen molar-refractivity contribution in [2.75, 3.05) is 6.61 Å². The molecule has 0 amide bonds. The van der Waals surface area contributed by atoms with E-state index in [1.807, 2.05) is 0 Å². The second-order valence-corrected chi connectivity index (χ2v) is 8.56. The molecule has 7 nitrogen and oxygen atoms in total. The Bertz CT molecular complexity index is 514. The number of rotatable bonds is 1. The van der Waals surface area contributed by atoms with Gasteiger partial charge in [0.15, 0.2) is 17.9 Å². The summed E-state index contributed by atoms with van der Waals surface area (Å²) < 4.78 is 30.7. The first-order chi connectivity index (χ1) is 12.6. The largest absolute Gasteiger partial charge is 0.385 e. The van der Waals surface area contributed by atoms with E-state index in [4.69, 9.17) is 23.7 Å². The zero-order chi connectivity index (χ0) is 17.8. The van der Waals surface area contributed by atoms with E-state index < -0.39 is 42.3 Å². The smallest absolute Gasteiger partial charge is 0.184 e. The Morgan fingerprint density at radius 2 is 1.27 bits per heavy atom. The molecule has 7 heteroatoms. The van der Waals surface area contributed by atoms with Gasteiger partial charge in [-0.15, -0.1) is 0 Å². The number of ether oxygens (including phenoxy) is 5. The standard InChI is InChI=1S/C19H30O7/c20-13-15-16(26-19(25-15)9-5-2-6-10-19)14(23-17(13)21)12-11-22-18(24-12)7-3-1-4-8-18/h12-17,20-21H,1-11H2/t12-,13-,14+,15+,16-,17-/m1/s1. The highest BCUT2D eigenvalue weighted by molar-refractivity contribution is 5.02. The lowest BCUT2D eigenvalue weighted by molar-refractivity contribution is -0.284. The third-order valence-electron chi connectivity index (χ3n) is 6.75. The van der Waals surface area contributed by atoms with Crippen molar-refractivity contribution in [3.8, 4) is 0 Å². The number of aliphatic hydroxyl groups excluding tert-OH is 2. The molecule has 3 heterocycles. The molecule has 3 aliphatic heterocycles. The van der Waals surface area contributed by atoms with Gasteiger partial charge in [-0.25, -0.2) is 0 Å². The van der Waals surface area contributed by atoms with Crippen LogP contribution in [0.3, 0.4) is 0 Å². The van der Waals surface area contributed by atoms with Crippen LogP contribution in [0.4, 0.5) is 0 Å². The Kier molecular flexibility index (Phi) is 4.55. The predicted octanol–water partition coefficient (Wildman–Crippen LogP) is 1.58. The summed E-state index contributed by atoms with van der Waals surface area (Å²) in [6.45, 7) is 0.424. The van der Waals surface area contributed by atoms with Crippen LogP contribution in [-0.2, 0) is 23.7 Å². The minimum Gasteiger partial charge on any atom is -0.385 e. The van der Waals surface area contributed by atoms with E-state index in [0.29, 0.717) is 6.61 Å². The molecule has 0 unspecified atom stereocenters. The van der Waals surface area contributed by atoms with Gasteiger partial charge < -0.3 is 33.9 Å². The highest BCUT2D eigenvalue weighted by Crippen LogP contribution is 2.47. The molecule has 26 heavy (non-hydrogen) atoms. The van der Waals surface area contributed by atoms with Gasteiger partial charge in [-0.1, -0.05) is 12.8 Å². The predicted molar refractivity (Wildman–Crippen MR) is 89.1 cm³/mol. The summed E-state index contributed by atoms with van der Waals surface area (Å²) in [7, 11) is 0. The maximum Gasteiger partial charge on any atom is 0.184 e. The lowest BCUT2D eigenvalue weighted by Crippen LogP contribution is -2.60. The quantitative estimate of drug-likeness (QED) is 0.725. The van der Waals surface area contributed by atoms with Gasteiger partial charge in [0.25, 0.3) is 0 Å². The summed E-state index contributed by atoms with van der Waals surface area (Å²) in [6, 6.07) is 0. The monoisotopic (exact) mass is 370 g/mol. The topological polar surface area (TPSA) is 86.6 Å². The van der Waals surface area contributed by atoms with Crippen molar-refractivity contribution in [3.63, 3.8) is 0 Å². The average molecular weight is 370 g/mol. The third-order valence-corrected chi connectivity index (χ3v) is 6.75. The summed E-state index contributed by atoms with van der Waals surface area (Å²) in [4.78, 5) is 0. The summed E-state index contributed by atoms with van der Waals surface area (Å²) in [5.74, 6) is -1.16. The van der Waals surface area contributed by atoms with Gasteiger partial charge in [0.2, 0.25) is 0 Å². The van der Waals surface area contributed by atoms with Crippen LogP contribution in [-0.4, -0.2) is 65.2 Å². The molecule has 0 aromatic heterocycles. The average Bonchev–Trinajstić information content (AvgIpc) is 3.22. The van der Waals surface area contributed by atoms with Crippen LogP contribution in [0.15, 0.2) is 0 Å². The van der Waals surface area contributed by atoms with E-state index in [1.165, 1.54) is 12.8 Å². The zero-order valence-corrected chi connectivity index (χ0v) is 15.2. The maximum absolute atomic E-state index is 10.4. The number of aliphatic hydroxyl groups is 2. The molecule has 0 radical (unpaired) electrons. The summed E-state index contributed by atoms with van der Waals surface area (Å²) in [5.41, 5.74) is 0. The summed E-state index contributed by atoms with van der Waals surface area (Å²) >= 11 is 0. The van der Waals surface area contributed by atoms with E-state index in [-0.39, 0.29) is 6.10 Å². The van der Waals surface area contributed by atoms with Gasteiger partial charge in [0, 0.05) is 25.7 Å². The minimum absolute atomic E-state index is 0.315. The fraction of sp³-hybridized carbons (Fsp3) is 1.00. The second-order valence-electron chi connectivity index (χ2n) is 8.56. The van der Waals surface area contributed by atoms with Crippen LogP contribution in [0.2, 0.25) is 0 Å². The molecule has 0 bridgehead atoms. The Morgan fingerprint density at radius 3 is 1.96 bits per heavy atom.